The van der Waals surface area contributed by atoms with Gasteiger partial charge in [-0.3, -0.25) is 14.4 Å². The van der Waals surface area contributed by atoms with Crippen LogP contribution in [0.1, 0.15) is 15.9 Å². The molecule has 0 bridgehead atoms. The summed E-state index contributed by atoms with van der Waals surface area (Å²) in [4.78, 5) is 35.1. The zero-order chi connectivity index (χ0) is 19.1. The highest BCUT2D eigenvalue weighted by Crippen LogP contribution is 2.22. The second-order valence-corrected chi connectivity index (χ2v) is 5.79. The molecule has 0 aliphatic rings. The van der Waals surface area contributed by atoms with Gasteiger partial charge in [0.15, 0.2) is 6.61 Å². The third-order valence-electron chi connectivity index (χ3n) is 3.24. The van der Waals surface area contributed by atoms with E-state index in [1.807, 2.05) is 6.92 Å². The molecule has 2 rings (SSSR count). The molecule has 0 aliphatic carbocycles. The molecule has 0 saturated carbocycles. The van der Waals surface area contributed by atoms with Crippen molar-refractivity contribution >= 4 is 35.1 Å². The van der Waals surface area contributed by atoms with Gasteiger partial charge in [0.1, 0.15) is 12.4 Å². The van der Waals surface area contributed by atoms with E-state index in [1.54, 1.807) is 18.2 Å². The average molecular weight is 379 g/mol. The molecule has 2 aromatic carbocycles. The molecule has 0 radical (unpaired) electrons. The van der Waals surface area contributed by atoms with E-state index in [2.05, 4.69) is 10.6 Å². The van der Waals surface area contributed by atoms with Gasteiger partial charge in [0, 0.05) is 5.56 Å². The molecule has 6 nitrogen and oxygen atoms in total. The van der Waals surface area contributed by atoms with Crippen molar-refractivity contribution in [3.05, 3.63) is 64.4 Å². The van der Waals surface area contributed by atoms with Crippen molar-refractivity contribution in [2.24, 2.45) is 0 Å². The van der Waals surface area contributed by atoms with Gasteiger partial charge in [0.05, 0.1) is 10.7 Å². The van der Waals surface area contributed by atoms with Crippen LogP contribution in [0.5, 0.6) is 0 Å². The topological polar surface area (TPSA) is 84.5 Å². The molecule has 136 valence electrons. The molecule has 0 unspecified atom stereocenters. The molecule has 0 fully saturated rings. The summed E-state index contributed by atoms with van der Waals surface area (Å²) in [6.45, 7) is 0.879. The second-order valence-electron chi connectivity index (χ2n) is 5.39. The fraction of sp³-hybridized carbons (Fsp3) is 0.167. The van der Waals surface area contributed by atoms with E-state index < -0.39 is 36.8 Å². The van der Waals surface area contributed by atoms with Crippen molar-refractivity contribution in [1.82, 2.24) is 5.32 Å². The van der Waals surface area contributed by atoms with Crippen molar-refractivity contribution in [2.45, 2.75) is 6.92 Å². The maximum atomic E-state index is 13.0. The molecular formula is C18H16ClFN2O4. The van der Waals surface area contributed by atoms with Gasteiger partial charge in [0.2, 0.25) is 0 Å². The zero-order valence-electron chi connectivity index (χ0n) is 13.8. The first-order chi connectivity index (χ1) is 12.3. The lowest BCUT2D eigenvalue weighted by Gasteiger charge is -2.09. The van der Waals surface area contributed by atoms with Crippen LogP contribution < -0.4 is 10.6 Å². The maximum Gasteiger partial charge on any atom is 0.325 e. The van der Waals surface area contributed by atoms with E-state index in [1.165, 1.54) is 18.2 Å². The quantitative estimate of drug-likeness (QED) is 0.757. The van der Waals surface area contributed by atoms with Gasteiger partial charge >= 0.3 is 5.97 Å². The van der Waals surface area contributed by atoms with Crippen molar-refractivity contribution in [3.8, 4) is 0 Å². The normalized spacial score (nSPS) is 10.1. The lowest BCUT2D eigenvalue weighted by atomic mass is 10.2. The van der Waals surface area contributed by atoms with Crippen molar-refractivity contribution in [1.29, 1.82) is 0 Å². The Morgan fingerprint density at radius 2 is 1.92 bits per heavy atom. The van der Waals surface area contributed by atoms with Gasteiger partial charge in [-0.1, -0.05) is 23.7 Å². The van der Waals surface area contributed by atoms with Gasteiger partial charge in [-0.15, -0.1) is 0 Å². The Kier molecular flexibility index (Phi) is 6.68. The number of ether oxygens (including phenoxy) is 1. The number of hydrogen-bond donors (Lipinski definition) is 2. The molecule has 2 amide bonds. The molecule has 0 heterocycles. The van der Waals surface area contributed by atoms with Crippen LogP contribution in [0.3, 0.4) is 0 Å². The Labute approximate surface area is 154 Å². The Bertz CT molecular complexity index is 842. The van der Waals surface area contributed by atoms with E-state index in [4.69, 9.17) is 16.3 Å². The summed E-state index contributed by atoms with van der Waals surface area (Å²) in [6.07, 6.45) is 0. The lowest BCUT2D eigenvalue weighted by Crippen LogP contribution is -2.32. The highest BCUT2D eigenvalue weighted by Gasteiger charge is 2.12. The maximum absolute atomic E-state index is 13.0. The summed E-state index contributed by atoms with van der Waals surface area (Å²) in [5, 5.41) is 5.16. The number of aryl methyl sites for hydroxylation is 1. The van der Waals surface area contributed by atoms with Crippen LogP contribution in [0, 0.1) is 12.7 Å². The standard InChI is InChI=1S/C18H16ClFN2O4/c1-11-5-6-15(14(19)7-11)22-16(23)10-26-17(24)9-21-18(25)12-3-2-4-13(20)8-12/h2-8H,9-10H2,1H3,(H,21,25)(H,22,23). The number of rotatable bonds is 6. The minimum Gasteiger partial charge on any atom is -0.454 e. The minimum absolute atomic E-state index is 0.0737. The monoisotopic (exact) mass is 378 g/mol. The average Bonchev–Trinajstić information content (AvgIpc) is 2.60. The number of hydrogen-bond acceptors (Lipinski definition) is 4. The summed E-state index contributed by atoms with van der Waals surface area (Å²) in [5.74, 6) is -2.57. The first-order valence-electron chi connectivity index (χ1n) is 7.60. The molecule has 2 aromatic rings. The Balaban J connectivity index is 1.76. The first-order valence-corrected chi connectivity index (χ1v) is 7.98. The predicted molar refractivity (Wildman–Crippen MR) is 94.5 cm³/mol. The minimum atomic E-state index is -0.806. The van der Waals surface area contributed by atoms with Crippen molar-refractivity contribution in [2.75, 3.05) is 18.5 Å². The van der Waals surface area contributed by atoms with Crippen LogP contribution in [-0.4, -0.2) is 30.9 Å². The Morgan fingerprint density at radius 1 is 1.15 bits per heavy atom. The van der Waals surface area contributed by atoms with Crippen LogP contribution in [0.25, 0.3) is 0 Å². The van der Waals surface area contributed by atoms with Gasteiger partial charge < -0.3 is 15.4 Å². The second kappa shape index (κ2) is 8.96. The molecule has 26 heavy (non-hydrogen) atoms. The molecular weight excluding hydrogens is 363 g/mol. The Hall–Kier alpha value is -2.93. The molecule has 0 aromatic heterocycles. The first kappa shape index (κ1) is 19.4. The molecule has 0 saturated heterocycles. The summed E-state index contributed by atoms with van der Waals surface area (Å²) >= 11 is 5.99. The molecule has 0 atom stereocenters. The number of anilines is 1. The van der Waals surface area contributed by atoms with Crippen molar-refractivity contribution < 1.29 is 23.5 Å². The van der Waals surface area contributed by atoms with E-state index in [0.29, 0.717) is 10.7 Å². The summed E-state index contributed by atoms with van der Waals surface area (Å²) in [6, 6.07) is 10.1. The van der Waals surface area contributed by atoms with Gasteiger partial charge in [-0.25, -0.2) is 4.39 Å². The number of benzene rings is 2. The number of carbonyl (C=O) groups excluding carboxylic acids is 3. The van der Waals surface area contributed by atoms with Crippen LogP contribution in [-0.2, 0) is 14.3 Å². The summed E-state index contributed by atoms with van der Waals surface area (Å²) in [7, 11) is 0. The molecule has 2 N–H and O–H groups in total. The van der Waals surface area contributed by atoms with Gasteiger partial charge in [-0.2, -0.15) is 0 Å². The highest BCUT2D eigenvalue weighted by atomic mass is 35.5. The molecule has 8 heteroatoms. The van der Waals surface area contributed by atoms with Crippen LogP contribution in [0.15, 0.2) is 42.5 Å². The summed E-state index contributed by atoms with van der Waals surface area (Å²) in [5.41, 5.74) is 1.41. The Morgan fingerprint density at radius 3 is 2.62 bits per heavy atom. The van der Waals surface area contributed by atoms with Crippen molar-refractivity contribution in [3.63, 3.8) is 0 Å². The van der Waals surface area contributed by atoms with Crippen LogP contribution in [0.2, 0.25) is 5.02 Å². The zero-order valence-corrected chi connectivity index (χ0v) is 14.6. The number of carbonyl (C=O) groups is 3. The number of halogens is 2. The number of amides is 2. The fourth-order valence-electron chi connectivity index (χ4n) is 1.99. The SMILES string of the molecule is Cc1ccc(NC(=O)COC(=O)CNC(=O)c2cccc(F)c2)c(Cl)c1. The fourth-order valence-corrected chi connectivity index (χ4v) is 2.27. The highest BCUT2D eigenvalue weighted by molar-refractivity contribution is 6.33. The van der Waals surface area contributed by atoms with E-state index >= 15 is 0 Å². The predicted octanol–water partition coefficient (Wildman–Crippen LogP) is 2.70. The summed E-state index contributed by atoms with van der Waals surface area (Å²) < 4.78 is 17.8. The van der Waals surface area contributed by atoms with E-state index in [-0.39, 0.29) is 5.56 Å². The van der Waals surface area contributed by atoms with Gasteiger partial charge in [-0.05, 0) is 42.8 Å². The van der Waals surface area contributed by atoms with E-state index in [0.717, 1.165) is 11.6 Å². The molecule has 0 aliphatic heterocycles. The van der Waals surface area contributed by atoms with Gasteiger partial charge in [0.25, 0.3) is 11.8 Å². The smallest absolute Gasteiger partial charge is 0.325 e. The largest absolute Gasteiger partial charge is 0.454 e. The number of nitrogens with one attached hydrogen (secondary N) is 2. The third kappa shape index (κ3) is 5.86. The third-order valence-corrected chi connectivity index (χ3v) is 3.56. The number of esters is 1. The van der Waals surface area contributed by atoms with Crippen LogP contribution >= 0.6 is 11.6 Å². The lowest BCUT2D eigenvalue weighted by molar-refractivity contribution is -0.146. The van der Waals surface area contributed by atoms with E-state index in [9.17, 15) is 18.8 Å². The van der Waals surface area contributed by atoms with Crippen LogP contribution in [0.4, 0.5) is 10.1 Å². The molecule has 0 spiro atoms.